The van der Waals surface area contributed by atoms with E-state index in [4.69, 9.17) is 0 Å². The van der Waals surface area contributed by atoms with Gasteiger partial charge >= 0.3 is 0 Å². The van der Waals surface area contributed by atoms with Gasteiger partial charge in [0.05, 0.1) is 5.56 Å². The predicted molar refractivity (Wildman–Crippen MR) is 121 cm³/mol. The average molecular weight is 481 g/mol. The molecule has 0 unspecified atom stereocenters. The fourth-order valence-electron chi connectivity index (χ4n) is 2.47. The lowest BCUT2D eigenvalue weighted by molar-refractivity contribution is 0.0954. The van der Waals surface area contributed by atoms with Crippen molar-refractivity contribution in [3.8, 4) is 0 Å². The Morgan fingerprint density at radius 3 is 2.37 bits per heavy atom. The summed E-state index contributed by atoms with van der Waals surface area (Å²) in [5.41, 5.74) is 1.80. The lowest BCUT2D eigenvalue weighted by Crippen LogP contribution is -2.45. The summed E-state index contributed by atoms with van der Waals surface area (Å²) >= 11 is 0. The van der Waals surface area contributed by atoms with Gasteiger partial charge in [0.25, 0.3) is 5.91 Å². The van der Waals surface area contributed by atoms with E-state index in [1.807, 2.05) is 6.07 Å². The Morgan fingerprint density at radius 2 is 1.74 bits per heavy atom. The molecule has 0 aliphatic rings. The number of guanidine groups is 1. The molecule has 7 heteroatoms. The van der Waals surface area contributed by atoms with Crippen LogP contribution in [0.5, 0.6) is 0 Å². The first-order valence-electron chi connectivity index (χ1n) is 8.71. The van der Waals surface area contributed by atoms with Gasteiger partial charge in [-0.05, 0) is 17.7 Å². The summed E-state index contributed by atoms with van der Waals surface area (Å²) in [7, 11) is 1.74. The number of nitrogens with one attached hydrogen (secondary N) is 3. The van der Waals surface area contributed by atoms with Gasteiger partial charge in [-0.25, -0.2) is 0 Å². The largest absolute Gasteiger partial charge is 0.356 e. The number of carbonyl (C=O) groups excluding carboxylic acids is 1. The van der Waals surface area contributed by atoms with Gasteiger partial charge in [-0.1, -0.05) is 44.2 Å². The summed E-state index contributed by atoms with van der Waals surface area (Å²) in [5.74, 6) is 0.581. The smallest absolute Gasteiger partial charge is 0.252 e. The molecule has 0 atom stereocenters. The van der Waals surface area contributed by atoms with Crippen LogP contribution in [-0.4, -0.2) is 43.5 Å². The van der Waals surface area contributed by atoms with E-state index in [1.165, 1.54) is 5.56 Å². The van der Waals surface area contributed by atoms with E-state index >= 15 is 0 Å². The Labute approximate surface area is 178 Å². The summed E-state index contributed by atoms with van der Waals surface area (Å²) in [6.07, 6.45) is 3.19. The molecule has 0 fully saturated rings. The average Bonchev–Trinajstić information content (AvgIpc) is 2.68. The molecule has 0 spiro atoms. The standard InChI is InChI=1S/C20H27N5O.HI/c1-20(2,17-9-5-4-6-10-17)15-25-19(21-3)24-13-12-23-18(26)16-8-7-11-22-14-16;/h4-11,14H,12-13,15H2,1-3H3,(H,23,26)(H2,21,24,25);1H. The molecule has 146 valence electrons. The van der Waals surface area contributed by atoms with Crippen LogP contribution in [0.15, 0.2) is 59.9 Å². The van der Waals surface area contributed by atoms with Crippen molar-refractivity contribution < 1.29 is 4.79 Å². The number of rotatable bonds is 7. The molecule has 1 aromatic carbocycles. The first-order valence-corrected chi connectivity index (χ1v) is 8.71. The van der Waals surface area contributed by atoms with E-state index in [-0.39, 0.29) is 35.3 Å². The molecule has 6 nitrogen and oxygen atoms in total. The highest BCUT2D eigenvalue weighted by molar-refractivity contribution is 14.0. The number of halogens is 1. The highest BCUT2D eigenvalue weighted by Gasteiger charge is 2.20. The Kier molecular flexibility index (Phi) is 9.77. The zero-order valence-electron chi connectivity index (χ0n) is 16.0. The summed E-state index contributed by atoms with van der Waals surface area (Å²) in [6.45, 7) is 6.21. The van der Waals surface area contributed by atoms with E-state index < -0.39 is 0 Å². The van der Waals surface area contributed by atoms with E-state index in [2.05, 4.69) is 64.0 Å². The maximum atomic E-state index is 11.9. The summed E-state index contributed by atoms with van der Waals surface area (Å²) in [5, 5.41) is 9.41. The number of pyridine rings is 1. The van der Waals surface area contributed by atoms with Crippen molar-refractivity contribution in [2.24, 2.45) is 4.99 Å². The summed E-state index contributed by atoms with van der Waals surface area (Å²) in [6, 6.07) is 13.9. The normalized spacial score (nSPS) is 11.3. The molecule has 0 aliphatic carbocycles. The van der Waals surface area contributed by atoms with E-state index in [1.54, 1.807) is 31.6 Å². The molecular formula is C20H28IN5O. The van der Waals surface area contributed by atoms with Crippen LogP contribution in [0, 0.1) is 0 Å². The SMILES string of the molecule is CN=C(NCCNC(=O)c1cccnc1)NCC(C)(C)c1ccccc1.I. The zero-order valence-corrected chi connectivity index (χ0v) is 18.4. The second-order valence-electron chi connectivity index (χ2n) is 6.60. The number of amides is 1. The van der Waals surface area contributed by atoms with Crippen molar-refractivity contribution in [3.05, 3.63) is 66.0 Å². The number of benzene rings is 1. The first-order chi connectivity index (χ1) is 12.5. The van der Waals surface area contributed by atoms with Crippen molar-refractivity contribution >= 4 is 35.8 Å². The van der Waals surface area contributed by atoms with E-state index in [0.29, 0.717) is 24.6 Å². The Hall–Kier alpha value is -2.16. The molecule has 0 aliphatic heterocycles. The van der Waals surface area contributed by atoms with Gasteiger partial charge in [0.2, 0.25) is 0 Å². The van der Waals surface area contributed by atoms with E-state index in [0.717, 1.165) is 6.54 Å². The second-order valence-corrected chi connectivity index (χ2v) is 6.60. The molecular weight excluding hydrogens is 453 g/mol. The van der Waals surface area contributed by atoms with Gasteiger partial charge < -0.3 is 16.0 Å². The van der Waals surface area contributed by atoms with Gasteiger partial charge in [0, 0.05) is 44.5 Å². The third-order valence-corrected chi connectivity index (χ3v) is 4.10. The fourth-order valence-corrected chi connectivity index (χ4v) is 2.47. The Balaban J connectivity index is 0.00000364. The van der Waals surface area contributed by atoms with Crippen LogP contribution in [0.25, 0.3) is 0 Å². The Morgan fingerprint density at radius 1 is 1.04 bits per heavy atom. The molecule has 0 saturated heterocycles. The Bertz CT molecular complexity index is 720. The maximum absolute atomic E-state index is 11.9. The molecule has 27 heavy (non-hydrogen) atoms. The molecule has 2 aromatic rings. The van der Waals surface area contributed by atoms with Crippen LogP contribution in [-0.2, 0) is 5.41 Å². The van der Waals surface area contributed by atoms with Crippen molar-refractivity contribution in [3.63, 3.8) is 0 Å². The van der Waals surface area contributed by atoms with Gasteiger partial charge in [-0.15, -0.1) is 24.0 Å². The molecule has 0 radical (unpaired) electrons. The van der Waals surface area contributed by atoms with Crippen LogP contribution in [0.2, 0.25) is 0 Å². The topological polar surface area (TPSA) is 78.4 Å². The molecule has 3 N–H and O–H groups in total. The number of aromatic nitrogens is 1. The number of aliphatic imine (C=N–C) groups is 1. The highest BCUT2D eigenvalue weighted by Crippen LogP contribution is 2.21. The quantitative estimate of drug-likeness (QED) is 0.246. The van der Waals surface area contributed by atoms with Gasteiger partial charge in [-0.3, -0.25) is 14.8 Å². The minimum absolute atomic E-state index is 0. The zero-order chi connectivity index (χ0) is 18.8. The molecule has 1 amide bonds. The van der Waals surface area contributed by atoms with Crippen LogP contribution >= 0.6 is 24.0 Å². The van der Waals surface area contributed by atoms with Crippen LogP contribution < -0.4 is 16.0 Å². The fraction of sp³-hybridized carbons (Fsp3) is 0.350. The first kappa shape index (κ1) is 22.9. The van der Waals surface area contributed by atoms with Crippen molar-refractivity contribution in [1.82, 2.24) is 20.9 Å². The van der Waals surface area contributed by atoms with E-state index in [9.17, 15) is 4.79 Å². The number of carbonyl (C=O) groups is 1. The molecule has 0 saturated carbocycles. The molecule has 2 rings (SSSR count). The molecule has 1 aromatic heterocycles. The number of hydrogen-bond donors (Lipinski definition) is 3. The maximum Gasteiger partial charge on any atom is 0.252 e. The monoisotopic (exact) mass is 481 g/mol. The van der Waals surface area contributed by atoms with Crippen molar-refractivity contribution in [2.45, 2.75) is 19.3 Å². The van der Waals surface area contributed by atoms with Crippen LogP contribution in [0.3, 0.4) is 0 Å². The molecule has 0 bridgehead atoms. The number of nitrogens with zero attached hydrogens (tertiary/aromatic N) is 2. The second kappa shape index (κ2) is 11.5. The minimum Gasteiger partial charge on any atom is -0.356 e. The molecule has 1 heterocycles. The summed E-state index contributed by atoms with van der Waals surface area (Å²) in [4.78, 5) is 20.1. The lowest BCUT2D eigenvalue weighted by Gasteiger charge is -2.26. The van der Waals surface area contributed by atoms with Crippen LogP contribution in [0.1, 0.15) is 29.8 Å². The van der Waals surface area contributed by atoms with Crippen LogP contribution in [0.4, 0.5) is 0 Å². The third kappa shape index (κ3) is 7.54. The third-order valence-electron chi connectivity index (χ3n) is 4.10. The predicted octanol–water partition coefficient (Wildman–Crippen LogP) is 2.57. The minimum atomic E-state index is -0.131. The lowest BCUT2D eigenvalue weighted by atomic mass is 9.85. The number of hydrogen-bond acceptors (Lipinski definition) is 3. The van der Waals surface area contributed by atoms with Gasteiger partial charge in [-0.2, -0.15) is 0 Å². The highest BCUT2D eigenvalue weighted by atomic mass is 127. The van der Waals surface area contributed by atoms with Gasteiger partial charge in [0.1, 0.15) is 0 Å². The van der Waals surface area contributed by atoms with Gasteiger partial charge in [0.15, 0.2) is 5.96 Å². The van der Waals surface area contributed by atoms with Crippen molar-refractivity contribution in [2.75, 3.05) is 26.7 Å². The van der Waals surface area contributed by atoms with Crippen molar-refractivity contribution in [1.29, 1.82) is 0 Å². The summed E-state index contributed by atoms with van der Waals surface area (Å²) < 4.78 is 0.